The standard InChI is InChI=1S/C28H32F3N7O2/c1-35(2)22-12-17-37(18-22)26(40)20-5-7-21(8-6-20)32-27-33-25-23(4-3-14-38(25)34-27)19-10-15-36(16-11-19)24(39)9-13-28(29,30)31/h3-8,10,14,22H,9,11-13,15-18H2,1-2H3,(H,32,34). The van der Waals surface area contributed by atoms with Crippen molar-refractivity contribution in [1.82, 2.24) is 29.3 Å². The molecular formula is C28H32F3N7O2. The van der Waals surface area contributed by atoms with Crippen LogP contribution in [0.2, 0.25) is 0 Å². The van der Waals surface area contributed by atoms with E-state index in [4.69, 9.17) is 0 Å². The molecule has 1 aromatic carbocycles. The van der Waals surface area contributed by atoms with Gasteiger partial charge in [0.1, 0.15) is 0 Å². The number of likely N-dealkylation sites (tertiary alicyclic amines) is 1. The highest BCUT2D eigenvalue weighted by Crippen LogP contribution is 2.28. The molecule has 2 aliphatic rings. The highest BCUT2D eigenvalue weighted by molar-refractivity contribution is 5.94. The van der Waals surface area contributed by atoms with Crippen molar-refractivity contribution in [3.8, 4) is 0 Å². The van der Waals surface area contributed by atoms with E-state index in [9.17, 15) is 22.8 Å². The van der Waals surface area contributed by atoms with Crippen molar-refractivity contribution in [2.24, 2.45) is 0 Å². The molecule has 4 heterocycles. The number of hydrogen-bond donors (Lipinski definition) is 1. The van der Waals surface area contributed by atoms with Gasteiger partial charge in [0.15, 0.2) is 5.65 Å². The van der Waals surface area contributed by atoms with Gasteiger partial charge in [0, 0.05) is 61.7 Å². The van der Waals surface area contributed by atoms with Crippen molar-refractivity contribution in [1.29, 1.82) is 0 Å². The molecule has 0 bridgehead atoms. The fraction of sp³-hybridized carbons (Fsp3) is 0.429. The molecule has 212 valence electrons. The number of carbonyl (C=O) groups excluding carboxylic acids is 2. The zero-order valence-corrected chi connectivity index (χ0v) is 22.5. The first-order chi connectivity index (χ1) is 19.1. The molecule has 1 saturated heterocycles. The predicted molar refractivity (Wildman–Crippen MR) is 145 cm³/mol. The summed E-state index contributed by atoms with van der Waals surface area (Å²) >= 11 is 0. The number of alkyl halides is 3. The van der Waals surface area contributed by atoms with Gasteiger partial charge in [-0.05, 0) is 68.9 Å². The van der Waals surface area contributed by atoms with Crippen LogP contribution in [0.1, 0.15) is 41.6 Å². The number of aromatic nitrogens is 3. The maximum atomic E-state index is 12.9. The van der Waals surface area contributed by atoms with E-state index in [2.05, 4.69) is 20.3 Å². The average Bonchev–Trinajstić information content (AvgIpc) is 3.59. The monoisotopic (exact) mass is 555 g/mol. The van der Waals surface area contributed by atoms with Gasteiger partial charge in [-0.2, -0.15) is 18.2 Å². The molecular weight excluding hydrogens is 523 g/mol. The summed E-state index contributed by atoms with van der Waals surface area (Å²) in [5, 5.41) is 7.71. The smallest absolute Gasteiger partial charge is 0.339 e. The minimum atomic E-state index is -4.34. The lowest BCUT2D eigenvalue weighted by Crippen LogP contribution is -2.35. The molecule has 0 saturated carbocycles. The number of carbonyl (C=O) groups is 2. The summed E-state index contributed by atoms with van der Waals surface area (Å²) in [6, 6.07) is 11.4. The lowest BCUT2D eigenvalue weighted by molar-refractivity contribution is -0.148. The number of likely N-dealkylation sites (N-methyl/N-ethyl adjacent to an activating group) is 1. The van der Waals surface area contributed by atoms with Gasteiger partial charge in [-0.3, -0.25) is 9.59 Å². The fourth-order valence-electron chi connectivity index (χ4n) is 5.11. The van der Waals surface area contributed by atoms with Crippen LogP contribution in [0.4, 0.5) is 24.8 Å². The van der Waals surface area contributed by atoms with Gasteiger partial charge in [0.05, 0.1) is 6.42 Å². The molecule has 0 spiro atoms. The Kier molecular flexibility index (Phi) is 7.79. The van der Waals surface area contributed by atoms with Crippen LogP contribution in [0.3, 0.4) is 0 Å². The minimum Gasteiger partial charge on any atom is -0.339 e. The summed E-state index contributed by atoms with van der Waals surface area (Å²) in [5.41, 5.74) is 3.82. The van der Waals surface area contributed by atoms with Crippen LogP contribution in [0, 0.1) is 0 Å². The number of pyridine rings is 1. The number of benzene rings is 1. The van der Waals surface area contributed by atoms with E-state index in [1.54, 1.807) is 22.8 Å². The van der Waals surface area contributed by atoms with Crippen LogP contribution >= 0.6 is 0 Å². The lowest BCUT2D eigenvalue weighted by Gasteiger charge is -2.27. The highest BCUT2D eigenvalue weighted by atomic mass is 19.4. The zero-order chi connectivity index (χ0) is 28.4. The van der Waals surface area contributed by atoms with Crippen molar-refractivity contribution in [2.45, 2.75) is 37.9 Å². The Morgan fingerprint density at radius 1 is 1.10 bits per heavy atom. The third-order valence-electron chi connectivity index (χ3n) is 7.46. The van der Waals surface area contributed by atoms with E-state index in [0.29, 0.717) is 36.2 Å². The quantitative estimate of drug-likeness (QED) is 0.470. The number of rotatable bonds is 7. The van der Waals surface area contributed by atoms with Gasteiger partial charge in [-0.25, -0.2) is 4.52 Å². The first-order valence-electron chi connectivity index (χ1n) is 13.3. The molecule has 1 atom stereocenters. The van der Waals surface area contributed by atoms with Gasteiger partial charge < -0.3 is 20.0 Å². The molecule has 0 aliphatic carbocycles. The van der Waals surface area contributed by atoms with Crippen LogP contribution in [0.25, 0.3) is 11.2 Å². The third kappa shape index (κ3) is 6.27. The number of anilines is 2. The average molecular weight is 556 g/mol. The molecule has 2 amide bonds. The second-order valence-corrected chi connectivity index (χ2v) is 10.4. The molecule has 12 heteroatoms. The first-order valence-corrected chi connectivity index (χ1v) is 13.3. The second-order valence-electron chi connectivity index (χ2n) is 10.4. The highest BCUT2D eigenvalue weighted by Gasteiger charge is 2.30. The molecule has 1 unspecified atom stereocenters. The summed E-state index contributed by atoms with van der Waals surface area (Å²) in [5.74, 6) is -0.0845. The van der Waals surface area contributed by atoms with Gasteiger partial charge >= 0.3 is 6.18 Å². The number of amides is 2. The summed E-state index contributed by atoms with van der Waals surface area (Å²) in [7, 11) is 4.06. The summed E-state index contributed by atoms with van der Waals surface area (Å²) in [6.45, 7) is 2.08. The molecule has 5 rings (SSSR count). The van der Waals surface area contributed by atoms with Crippen LogP contribution in [0.5, 0.6) is 0 Å². The molecule has 9 nitrogen and oxygen atoms in total. The van der Waals surface area contributed by atoms with Crippen molar-refractivity contribution in [2.75, 3.05) is 45.6 Å². The fourth-order valence-corrected chi connectivity index (χ4v) is 5.11. The van der Waals surface area contributed by atoms with Crippen molar-refractivity contribution in [3.05, 3.63) is 59.8 Å². The normalized spacial score (nSPS) is 17.9. The maximum absolute atomic E-state index is 12.9. The number of hydrogen-bond acceptors (Lipinski definition) is 6. The Balaban J connectivity index is 1.24. The topological polar surface area (TPSA) is 86.1 Å². The maximum Gasteiger partial charge on any atom is 0.389 e. The molecule has 3 aromatic rings. The van der Waals surface area contributed by atoms with E-state index < -0.39 is 24.9 Å². The summed E-state index contributed by atoms with van der Waals surface area (Å²) in [4.78, 5) is 35.2. The molecule has 2 aliphatic heterocycles. The Labute approximate surface area is 230 Å². The van der Waals surface area contributed by atoms with E-state index in [0.717, 1.165) is 36.3 Å². The summed E-state index contributed by atoms with van der Waals surface area (Å²) in [6.07, 6.45) is -0.863. The van der Waals surface area contributed by atoms with Crippen LogP contribution in [0.15, 0.2) is 48.7 Å². The Morgan fingerprint density at radius 2 is 1.88 bits per heavy atom. The molecule has 0 radical (unpaired) electrons. The molecule has 1 N–H and O–H groups in total. The van der Waals surface area contributed by atoms with E-state index in [-0.39, 0.29) is 12.5 Å². The predicted octanol–water partition coefficient (Wildman–Crippen LogP) is 4.21. The van der Waals surface area contributed by atoms with Crippen LogP contribution in [-0.2, 0) is 4.79 Å². The Hall–Kier alpha value is -3.93. The van der Waals surface area contributed by atoms with Gasteiger partial charge in [0.2, 0.25) is 11.9 Å². The summed E-state index contributed by atoms with van der Waals surface area (Å²) < 4.78 is 39.1. The molecule has 1 fully saturated rings. The largest absolute Gasteiger partial charge is 0.389 e. The van der Waals surface area contributed by atoms with E-state index >= 15 is 0 Å². The van der Waals surface area contributed by atoms with Gasteiger partial charge in [-0.1, -0.05) is 6.08 Å². The van der Waals surface area contributed by atoms with Crippen molar-refractivity contribution >= 4 is 34.7 Å². The number of fused-ring (bicyclic) bond motifs is 1. The van der Waals surface area contributed by atoms with Crippen LogP contribution < -0.4 is 5.32 Å². The number of halogens is 3. The van der Waals surface area contributed by atoms with E-state index in [1.165, 1.54) is 4.90 Å². The van der Waals surface area contributed by atoms with Crippen LogP contribution in [-0.4, -0.2) is 93.6 Å². The zero-order valence-electron chi connectivity index (χ0n) is 22.5. The SMILES string of the molecule is CN(C)C1CCN(C(=O)c2ccc(Nc3nc4c(C5=CCN(C(=O)CCC(F)(F)F)CC5)cccn4n3)cc2)C1. The Morgan fingerprint density at radius 3 is 2.52 bits per heavy atom. The first kappa shape index (κ1) is 27.6. The van der Waals surface area contributed by atoms with Gasteiger partial charge in [-0.15, -0.1) is 5.10 Å². The number of nitrogens with zero attached hydrogens (tertiary/aromatic N) is 6. The van der Waals surface area contributed by atoms with E-state index in [1.807, 2.05) is 49.3 Å². The minimum absolute atomic E-state index is 0.0211. The van der Waals surface area contributed by atoms with Crippen molar-refractivity contribution in [3.63, 3.8) is 0 Å². The molecule has 40 heavy (non-hydrogen) atoms. The third-order valence-corrected chi connectivity index (χ3v) is 7.46. The van der Waals surface area contributed by atoms with Crippen molar-refractivity contribution < 1.29 is 22.8 Å². The second kappa shape index (κ2) is 11.3. The van der Waals surface area contributed by atoms with Gasteiger partial charge in [0.25, 0.3) is 5.91 Å². The number of nitrogens with one attached hydrogen (secondary N) is 1. The lowest BCUT2D eigenvalue weighted by atomic mass is 10.00. The molecule has 2 aromatic heterocycles. The Bertz CT molecular complexity index is 1420.